The molecule has 0 aliphatic heterocycles. The highest BCUT2D eigenvalue weighted by Gasteiger charge is 1.94. The van der Waals surface area contributed by atoms with Gasteiger partial charge < -0.3 is 4.57 Å². The molecule has 0 unspecified atom stereocenters. The summed E-state index contributed by atoms with van der Waals surface area (Å²) < 4.78 is 1.76. The summed E-state index contributed by atoms with van der Waals surface area (Å²) in [7, 11) is 0. The highest BCUT2D eigenvalue weighted by atomic mass is 32.2. The normalized spacial score (nSPS) is 10.3. The molecule has 0 bridgehead atoms. The third-order valence-corrected chi connectivity index (χ3v) is 2.71. The maximum atomic E-state index is 11.4. The van der Waals surface area contributed by atoms with E-state index in [1.807, 2.05) is 30.9 Å². The quantitative estimate of drug-likeness (QED) is 0.688. The number of rotatable bonds is 4. The second-order valence-corrected chi connectivity index (χ2v) is 4.33. The van der Waals surface area contributed by atoms with Crippen molar-refractivity contribution in [1.29, 1.82) is 0 Å². The summed E-state index contributed by atoms with van der Waals surface area (Å²) in [5.74, 6) is 2.13. The minimum atomic E-state index is 0.108. The zero-order chi connectivity index (χ0) is 9.68. The van der Waals surface area contributed by atoms with Gasteiger partial charge in [0.15, 0.2) is 0 Å². The van der Waals surface area contributed by atoms with Crippen LogP contribution in [0.25, 0.3) is 0 Å². The van der Waals surface area contributed by atoms with Crippen LogP contribution in [0.4, 0.5) is 0 Å². The van der Waals surface area contributed by atoms with Crippen LogP contribution in [0.2, 0.25) is 0 Å². The van der Waals surface area contributed by atoms with Gasteiger partial charge in [0.1, 0.15) is 0 Å². The lowest BCUT2D eigenvalue weighted by molar-refractivity contribution is 0.733. The third-order valence-electron chi connectivity index (χ3n) is 1.83. The molecule has 1 rings (SSSR count). The zero-order valence-corrected chi connectivity index (χ0v) is 8.93. The van der Waals surface area contributed by atoms with Crippen LogP contribution in [-0.2, 0) is 6.54 Å². The fourth-order valence-corrected chi connectivity index (χ4v) is 1.71. The van der Waals surface area contributed by atoms with E-state index in [9.17, 15) is 4.79 Å². The van der Waals surface area contributed by atoms with Crippen molar-refractivity contribution in [2.75, 3.05) is 11.5 Å². The standard InChI is InChI=1S/C10H15NOS/c1-3-13-7-6-11-5-4-9(2)8-10(11)12/h4-5,8H,3,6-7H2,1-2H3. The lowest BCUT2D eigenvalue weighted by Crippen LogP contribution is -2.19. The summed E-state index contributed by atoms with van der Waals surface area (Å²) in [6.45, 7) is 4.88. The molecule has 13 heavy (non-hydrogen) atoms. The van der Waals surface area contributed by atoms with E-state index in [1.165, 1.54) is 0 Å². The van der Waals surface area contributed by atoms with Crippen LogP contribution in [0.1, 0.15) is 12.5 Å². The molecule has 0 spiro atoms. The van der Waals surface area contributed by atoms with Gasteiger partial charge >= 0.3 is 0 Å². The number of pyridine rings is 1. The molecule has 0 saturated carbocycles. The Kier molecular flexibility index (Phi) is 4.09. The van der Waals surface area contributed by atoms with Gasteiger partial charge in [0.2, 0.25) is 0 Å². The molecule has 2 nitrogen and oxygen atoms in total. The highest BCUT2D eigenvalue weighted by Crippen LogP contribution is 1.99. The molecular weight excluding hydrogens is 182 g/mol. The summed E-state index contributed by atoms with van der Waals surface area (Å²) in [6.07, 6.45) is 1.87. The minimum absolute atomic E-state index is 0.108. The summed E-state index contributed by atoms with van der Waals surface area (Å²) in [5, 5.41) is 0. The monoisotopic (exact) mass is 197 g/mol. The fourth-order valence-electron chi connectivity index (χ4n) is 1.10. The van der Waals surface area contributed by atoms with Crippen LogP contribution in [0, 0.1) is 6.92 Å². The predicted molar refractivity (Wildman–Crippen MR) is 58.4 cm³/mol. The third kappa shape index (κ3) is 3.27. The molecule has 72 valence electrons. The maximum Gasteiger partial charge on any atom is 0.250 e. The number of nitrogens with zero attached hydrogens (tertiary/aromatic N) is 1. The molecule has 1 aromatic rings. The van der Waals surface area contributed by atoms with Gasteiger partial charge in [0, 0.05) is 24.6 Å². The molecule has 1 heterocycles. The average molecular weight is 197 g/mol. The zero-order valence-electron chi connectivity index (χ0n) is 8.12. The van der Waals surface area contributed by atoms with Crippen molar-refractivity contribution >= 4 is 11.8 Å². The molecular formula is C10H15NOS. The first kappa shape index (κ1) is 10.4. The number of hydrogen-bond donors (Lipinski definition) is 0. The number of aryl methyl sites for hydroxylation is 2. The molecule has 0 amide bonds. The van der Waals surface area contributed by atoms with E-state index in [0.29, 0.717) is 0 Å². The van der Waals surface area contributed by atoms with E-state index in [4.69, 9.17) is 0 Å². The lowest BCUT2D eigenvalue weighted by Gasteiger charge is -2.04. The Bertz CT molecular complexity index is 319. The predicted octanol–water partition coefficient (Wildman–Crippen LogP) is 1.91. The van der Waals surface area contributed by atoms with Crippen molar-refractivity contribution in [2.45, 2.75) is 20.4 Å². The average Bonchev–Trinajstić information content (AvgIpc) is 2.09. The molecule has 1 aromatic heterocycles. The van der Waals surface area contributed by atoms with Gasteiger partial charge in [-0.2, -0.15) is 11.8 Å². The van der Waals surface area contributed by atoms with Gasteiger partial charge in [0.05, 0.1) is 0 Å². The molecule has 0 atom stereocenters. The molecule has 0 aliphatic rings. The van der Waals surface area contributed by atoms with Gasteiger partial charge in [-0.15, -0.1) is 0 Å². The Morgan fingerprint density at radius 2 is 2.31 bits per heavy atom. The minimum Gasteiger partial charge on any atom is -0.315 e. The van der Waals surface area contributed by atoms with E-state index < -0.39 is 0 Å². The SMILES string of the molecule is CCSCCn1ccc(C)cc1=O. The van der Waals surface area contributed by atoms with Crippen molar-refractivity contribution in [3.05, 3.63) is 34.2 Å². The van der Waals surface area contributed by atoms with E-state index in [0.717, 1.165) is 23.6 Å². The van der Waals surface area contributed by atoms with Crippen molar-refractivity contribution in [2.24, 2.45) is 0 Å². The first-order valence-electron chi connectivity index (χ1n) is 4.49. The van der Waals surface area contributed by atoms with Gasteiger partial charge in [-0.05, 0) is 24.3 Å². The maximum absolute atomic E-state index is 11.4. The summed E-state index contributed by atoms with van der Waals surface area (Å²) in [5.41, 5.74) is 1.14. The van der Waals surface area contributed by atoms with Gasteiger partial charge in [0.25, 0.3) is 5.56 Å². The van der Waals surface area contributed by atoms with Crippen molar-refractivity contribution in [3.8, 4) is 0 Å². The molecule has 0 aromatic carbocycles. The molecule has 0 aliphatic carbocycles. The Balaban J connectivity index is 2.62. The number of aromatic nitrogens is 1. The molecule has 0 saturated heterocycles. The Hall–Kier alpha value is -0.700. The Labute approximate surface area is 83.0 Å². The number of hydrogen-bond acceptors (Lipinski definition) is 2. The van der Waals surface area contributed by atoms with Crippen LogP contribution >= 0.6 is 11.8 Å². The molecule has 0 fully saturated rings. The fraction of sp³-hybridized carbons (Fsp3) is 0.500. The summed E-state index contributed by atoms with van der Waals surface area (Å²) in [4.78, 5) is 11.4. The Morgan fingerprint density at radius 1 is 1.54 bits per heavy atom. The van der Waals surface area contributed by atoms with E-state index in [2.05, 4.69) is 6.92 Å². The van der Waals surface area contributed by atoms with Crippen LogP contribution in [-0.4, -0.2) is 16.1 Å². The van der Waals surface area contributed by atoms with Crippen LogP contribution in [0.5, 0.6) is 0 Å². The topological polar surface area (TPSA) is 22.0 Å². The van der Waals surface area contributed by atoms with Crippen molar-refractivity contribution < 1.29 is 0 Å². The largest absolute Gasteiger partial charge is 0.315 e. The van der Waals surface area contributed by atoms with Gasteiger partial charge in [-0.3, -0.25) is 4.79 Å². The lowest BCUT2D eigenvalue weighted by atomic mass is 10.3. The van der Waals surface area contributed by atoms with Crippen LogP contribution in [0.15, 0.2) is 23.1 Å². The van der Waals surface area contributed by atoms with E-state index >= 15 is 0 Å². The van der Waals surface area contributed by atoms with E-state index in [-0.39, 0.29) is 5.56 Å². The smallest absolute Gasteiger partial charge is 0.250 e. The van der Waals surface area contributed by atoms with E-state index in [1.54, 1.807) is 10.6 Å². The molecule has 3 heteroatoms. The van der Waals surface area contributed by atoms with Crippen molar-refractivity contribution in [3.63, 3.8) is 0 Å². The van der Waals surface area contributed by atoms with Crippen LogP contribution < -0.4 is 5.56 Å². The first-order chi connectivity index (χ1) is 6.24. The highest BCUT2D eigenvalue weighted by molar-refractivity contribution is 7.99. The van der Waals surface area contributed by atoms with Crippen molar-refractivity contribution in [1.82, 2.24) is 4.57 Å². The second kappa shape index (κ2) is 5.12. The van der Waals surface area contributed by atoms with Gasteiger partial charge in [-0.1, -0.05) is 6.92 Å². The summed E-state index contributed by atoms with van der Waals surface area (Å²) in [6, 6.07) is 3.65. The second-order valence-electron chi connectivity index (χ2n) is 2.93. The van der Waals surface area contributed by atoms with Gasteiger partial charge in [-0.25, -0.2) is 0 Å². The first-order valence-corrected chi connectivity index (χ1v) is 5.64. The Morgan fingerprint density at radius 3 is 2.92 bits per heavy atom. The summed E-state index contributed by atoms with van der Waals surface area (Å²) >= 11 is 1.86. The molecule has 0 N–H and O–H groups in total. The van der Waals surface area contributed by atoms with Crippen LogP contribution in [0.3, 0.4) is 0 Å². The molecule has 0 radical (unpaired) electrons. The number of thioether (sulfide) groups is 1.